The number of carbonyl (C=O) groups is 1. The summed E-state index contributed by atoms with van der Waals surface area (Å²) in [6, 6.07) is 8.13. The quantitative estimate of drug-likeness (QED) is 0.837. The van der Waals surface area contributed by atoms with Crippen LogP contribution in [0, 0.1) is 24.2 Å². The summed E-state index contributed by atoms with van der Waals surface area (Å²) >= 11 is 0. The summed E-state index contributed by atoms with van der Waals surface area (Å²) in [4.78, 5) is 17.0. The highest BCUT2D eigenvalue weighted by molar-refractivity contribution is 5.83. The lowest BCUT2D eigenvalue weighted by Gasteiger charge is -2.13. The fourth-order valence-electron chi connectivity index (χ4n) is 3.67. The van der Waals surface area contributed by atoms with Crippen LogP contribution in [0.25, 0.3) is 5.69 Å². The predicted molar refractivity (Wildman–Crippen MR) is 100 cm³/mol. The highest BCUT2D eigenvalue weighted by atomic mass is 16.2. The maximum absolute atomic E-state index is 12.7. The molecule has 132 valence electrons. The van der Waals surface area contributed by atoms with Crippen molar-refractivity contribution in [2.45, 2.75) is 41.2 Å². The first-order valence-electron chi connectivity index (χ1n) is 8.83. The number of para-hydroxylation sites is 1. The Labute approximate surface area is 150 Å². The van der Waals surface area contributed by atoms with Crippen LogP contribution in [0.1, 0.15) is 39.1 Å². The molecule has 1 heterocycles. The van der Waals surface area contributed by atoms with E-state index in [1.807, 2.05) is 25.3 Å². The molecular weight excluding hydrogens is 310 g/mol. The lowest BCUT2D eigenvalue weighted by atomic mass is 10.1. The van der Waals surface area contributed by atoms with Crippen LogP contribution in [-0.2, 0) is 11.3 Å². The normalized spacial score (nSPS) is 20.8. The van der Waals surface area contributed by atoms with Crippen LogP contribution in [-0.4, -0.2) is 15.5 Å². The molecule has 4 nitrogen and oxygen atoms in total. The largest absolute Gasteiger partial charge is 0.352 e. The third kappa shape index (κ3) is 3.39. The third-order valence-corrected chi connectivity index (χ3v) is 5.24. The second-order valence-electron chi connectivity index (χ2n) is 7.76. The first-order chi connectivity index (χ1) is 11.8. The van der Waals surface area contributed by atoms with Gasteiger partial charge in [-0.15, -0.1) is 0 Å². The van der Waals surface area contributed by atoms with E-state index in [0.29, 0.717) is 12.5 Å². The molecule has 0 saturated heterocycles. The molecule has 25 heavy (non-hydrogen) atoms. The van der Waals surface area contributed by atoms with Gasteiger partial charge in [-0.3, -0.25) is 4.79 Å². The van der Waals surface area contributed by atoms with Crippen LogP contribution in [0.3, 0.4) is 0 Å². The van der Waals surface area contributed by atoms with Gasteiger partial charge in [0.05, 0.1) is 11.6 Å². The molecule has 2 aromatic rings. The molecule has 0 aliphatic heterocycles. The first-order valence-corrected chi connectivity index (χ1v) is 8.83. The van der Waals surface area contributed by atoms with Crippen LogP contribution in [0.5, 0.6) is 0 Å². The van der Waals surface area contributed by atoms with Crippen molar-refractivity contribution in [1.82, 2.24) is 14.9 Å². The van der Waals surface area contributed by atoms with E-state index < -0.39 is 0 Å². The summed E-state index contributed by atoms with van der Waals surface area (Å²) in [6.07, 6.45) is 5.97. The van der Waals surface area contributed by atoms with E-state index in [1.54, 1.807) is 6.20 Å². The van der Waals surface area contributed by atoms with Gasteiger partial charge in [0, 0.05) is 18.9 Å². The van der Waals surface area contributed by atoms with E-state index in [1.165, 1.54) is 5.57 Å². The molecule has 1 aliphatic carbocycles. The van der Waals surface area contributed by atoms with Crippen molar-refractivity contribution in [1.29, 1.82) is 0 Å². The lowest BCUT2D eigenvalue weighted by molar-refractivity contribution is -0.123. The zero-order valence-electron chi connectivity index (χ0n) is 15.7. The summed E-state index contributed by atoms with van der Waals surface area (Å²) in [6.45, 7) is 11.0. The highest BCUT2D eigenvalue weighted by Crippen LogP contribution is 2.59. The zero-order valence-corrected chi connectivity index (χ0v) is 15.7. The molecule has 1 saturated carbocycles. The van der Waals surface area contributed by atoms with Gasteiger partial charge in [-0.2, -0.15) is 0 Å². The molecule has 1 fully saturated rings. The number of aromatic nitrogens is 2. The van der Waals surface area contributed by atoms with Gasteiger partial charge in [0.2, 0.25) is 5.91 Å². The van der Waals surface area contributed by atoms with E-state index >= 15 is 0 Å². The molecule has 0 bridgehead atoms. The number of rotatable bonds is 5. The molecule has 4 heteroatoms. The topological polar surface area (TPSA) is 46.9 Å². The van der Waals surface area contributed by atoms with Crippen molar-refractivity contribution in [3.63, 3.8) is 0 Å². The number of nitrogens with zero attached hydrogens (tertiary/aromatic N) is 2. The molecule has 0 unspecified atom stereocenters. The van der Waals surface area contributed by atoms with Crippen molar-refractivity contribution in [3.05, 3.63) is 59.7 Å². The second-order valence-corrected chi connectivity index (χ2v) is 7.76. The summed E-state index contributed by atoms with van der Waals surface area (Å²) in [5, 5.41) is 3.14. The van der Waals surface area contributed by atoms with E-state index in [-0.39, 0.29) is 17.2 Å². The maximum Gasteiger partial charge on any atom is 0.224 e. The third-order valence-electron chi connectivity index (χ3n) is 5.24. The summed E-state index contributed by atoms with van der Waals surface area (Å²) in [5.41, 5.74) is 3.47. The van der Waals surface area contributed by atoms with Crippen LogP contribution in [0.2, 0.25) is 0 Å². The number of allylic oxidation sites excluding steroid dienone is 2. The minimum absolute atomic E-state index is 0.0435. The number of benzene rings is 1. The number of hydrogen-bond acceptors (Lipinski definition) is 2. The fraction of sp³-hybridized carbons (Fsp3) is 0.429. The van der Waals surface area contributed by atoms with Crippen LogP contribution >= 0.6 is 0 Å². The molecule has 1 aromatic carbocycles. The molecule has 1 amide bonds. The van der Waals surface area contributed by atoms with Gasteiger partial charge in [-0.25, -0.2) is 4.98 Å². The Morgan fingerprint density at radius 2 is 2.04 bits per heavy atom. The highest BCUT2D eigenvalue weighted by Gasteiger charge is 2.60. The Bertz CT molecular complexity index is 812. The minimum Gasteiger partial charge on any atom is -0.352 e. The van der Waals surface area contributed by atoms with Gasteiger partial charge >= 0.3 is 0 Å². The van der Waals surface area contributed by atoms with E-state index in [4.69, 9.17) is 0 Å². The molecule has 3 rings (SSSR count). The molecule has 0 spiro atoms. The number of hydrogen-bond donors (Lipinski definition) is 1. The van der Waals surface area contributed by atoms with Crippen LogP contribution < -0.4 is 5.32 Å². The van der Waals surface area contributed by atoms with Crippen LogP contribution in [0.15, 0.2) is 48.3 Å². The Balaban J connectivity index is 1.72. The second kappa shape index (κ2) is 6.51. The Hall–Kier alpha value is -2.36. The Kier molecular flexibility index (Phi) is 4.55. The SMILES string of the molecule is CC(C)=C[C@H]1[C@H](C(=O)NCc2ccccc2-n2ccnc2C)C1(C)C. The maximum atomic E-state index is 12.7. The predicted octanol–water partition coefficient (Wildman–Crippen LogP) is 4.04. The molecule has 0 radical (unpaired) electrons. The van der Waals surface area contributed by atoms with Gasteiger partial charge in [0.15, 0.2) is 0 Å². The van der Waals surface area contributed by atoms with Crippen molar-refractivity contribution in [3.8, 4) is 5.69 Å². The number of nitrogens with one attached hydrogen (secondary N) is 1. The smallest absolute Gasteiger partial charge is 0.224 e. The molecule has 1 aliphatic rings. The minimum atomic E-state index is 0.0435. The standard InChI is InChI=1S/C21H27N3O/c1-14(2)12-17-19(21(17,4)5)20(25)23-13-16-8-6-7-9-18(16)24-11-10-22-15(24)3/h6-12,17,19H,13H2,1-5H3,(H,23,25)/t17-,19+/m0/s1. The number of amides is 1. The Morgan fingerprint density at radius 1 is 1.32 bits per heavy atom. The van der Waals surface area contributed by atoms with Crippen LogP contribution in [0.4, 0.5) is 0 Å². The lowest BCUT2D eigenvalue weighted by Crippen LogP contribution is -2.27. The van der Waals surface area contributed by atoms with Gasteiger partial charge in [0.25, 0.3) is 0 Å². The first kappa shape index (κ1) is 17.5. The molecule has 1 N–H and O–H groups in total. The summed E-state index contributed by atoms with van der Waals surface area (Å²) in [5.74, 6) is 1.48. The average molecular weight is 337 g/mol. The Morgan fingerprint density at radius 3 is 2.68 bits per heavy atom. The number of carbonyl (C=O) groups excluding carboxylic acids is 1. The van der Waals surface area contributed by atoms with E-state index in [9.17, 15) is 4.79 Å². The number of imidazole rings is 1. The van der Waals surface area contributed by atoms with Crippen molar-refractivity contribution < 1.29 is 4.79 Å². The summed E-state index contributed by atoms with van der Waals surface area (Å²) < 4.78 is 2.05. The molecule has 1 aromatic heterocycles. The van der Waals surface area contributed by atoms with Gasteiger partial charge in [0.1, 0.15) is 5.82 Å². The van der Waals surface area contributed by atoms with Crippen molar-refractivity contribution in [2.75, 3.05) is 0 Å². The average Bonchev–Trinajstić information content (AvgIpc) is 2.88. The van der Waals surface area contributed by atoms with E-state index in [2.05, 4.69) is 60.8 Å². The zero-order chi connectivity index (χ0) is 18.2. The van der Waals surface area contributed by atoms with Crippen molar-refractivity contribution >= 4 is 5.91 Å². The number of aryl methyl sites for hydroxylation is 1. The van der Waals surface area contributed by atoms with Gasteiger partial charge in [-0.1, -0.05) is 43.7 Å². The fourth-order valence-corrected chi connectivity index (χ4v) is 3.67. The monoisotopic (exact) mass is 337 g/mol. The molecule has 2 atom stereocenters. The van der Waals surface area contributed by atoms with Crippen molar-refractivity contribution in [2.24, 2.45) is 17.3 Å². The van der Waals surface area contributed by atoms with Gasteiger partial charge in [-0.05, 0) is 43.7 Å². The summed E-state index contributed by atoms with van der Waals surface area (Å²) in [7, 11) is 0. The van der Waals surface area contributed by atoms with Gasteiger partial charge < -0.3 is 9.88 Å². The van der Waals surface area contributed by atoms with E-state index in [0.717, 1.165) is 17.1 Å². The molecular formula is C21H27N3O.